The molecule has 10 heteroatoms. The molecule has 0 aliphatic heterocycles. The molecule has 0 aromatic rings. The van der Waals surface area contributed by atoms with Crippen LogP contribution in [0.15, 0.2) is 0 Å². The highest BCUT2D eigenvalue weighted by molar-refractivity contribution is 7.85. The van der Waals surface area contributed by atoms with E-state index >= 15 is 0 Å². The second-order valence-electron chi connectivity index (χ2n) is 8.40. The van der Waals surface area contributed by atoms with Gasteiger partial charge in [0.2, 0.25) is 11.8 Å². The van der Waals surface area contributed by atoms with E-state index in [9.17, 15) is 18.0 Å². The third-order valence-electron chi connectivity index (χ3n) is 4.11. The molecule has 0 saturated heterocycles. The molecule has 5 N–H and O–H groups in total. The monoisotopic (exact) mass is 410 g/mol. The van der Waals surface area contributed by atoms with Crippen LogP contribution >= 0.6 is 0 Å². The number of aliphatic hydroxyl groups excluding tert-OH is 1. The Hall–Kier alpha value is -1.23. The predicted molar refractivity (Wildman–Crippen MR) is 101 cm³/mol. The lowest BCUT2D eigenvalue weighted by atomic mass is 9.90. The fraction of sp³-hybridized carbons (Fsp3) is 0.882. The molecule has 2 unspecified atom stereocenters. The van der Waals surface area contributed by atoms with Gasteiger partial charge in [-0.05, 0) is 40.5 Å². The van der Waals surface area contributed by atoms with Crippen molar-refractivity contribution in [1.29, 1.82) is 0 Å². The van der Waals surface area contributed by atoms with E-state index in [1.807, 2.05) is 6.92 Å². The molecule has 0 aromatic heterocycles. The summed E-state index contributed by atoms with van der Waals surface area (Å²) >= 11 is 0. The fourth-order valence-electron chi connectivity index (χ4n) is 2.88. The van der Waals surface area contributed by atoms with Gasteiger partial charge in [-0.2, -0.15) is 8.42 Å². The van der Waals surface area contributed by atoms with Crippen molar-refractivity contribution < 1.29 is 32.8 Å². The summed E-state index contributed by atoms with van der Waals surface area (Å²) in [7, 11) is -4.24. The fourth-order valence-corrected chi connectivity index (χ4v) is 3.87. The van der Waals surface area contributed by atoms with Gasteiger partial charge in [0.05, 0.1) is 11.3 Å². The molecule has 0 aliphatic carbocycles. The maximum Gasteiger partial charge on any atom is 0.267 e. The van der Waals surface area contributed by atoms with Crippen molar-refractivity contribution in [2.45, 2.75) is 78.2 Å². The van der Waals surface area contributed by atoms with Crippen LogP contribution in [0.4, 0.5) is 0 Å². The summed E-state index contributed by atoms with van der Waals surface area (Å²) in [6.45, 7) is 9.76. The zero-order valence-corrected chi connectivity index (χ0v) is 17.8. The Morgan fingerprint density at radius 2 is 1.48 bits per heavy atom. The van der Waals surface area contributed by atoms with Crippen LogP contribution in [0.2, 0.25) is 0 Å². The average molecular weight is 411 g/mol. The molecule has 0 spiro atoms. The number of nitrogens with one attached hydrogen (secondary N) is 2. The van der Waals surface area contributed by atoms with E-state index in [-0.39, 0.29) is 18.7 Å². The molecule has 0 rings (SSSR count). The number of amides is 2. The summed E-state index contributed by atoms with van der Waals surface area (Å²) in [5.41, 5.74) is -1.97. The van der Waals surface area contributed by atoms with Gasteiger partial charge in [0, 0.05) is 23.8 Å². The van der Waals surface area contributed by atoms with Crippen LogP contribution < -0.4 is 10.6 Å². The maximum atomic E-state index is 12.5. The highest BCUT2D eigenvalue weighted by Crippen LogP contribution is 2.20. The quantitative estimate of drug-likeness (QED) is 0.244. The Bertz CT molecular complexity index is 615. The summed E-state index contributed by atoms with van der Waals surface area (Å²) in [5.74, 6) is -2.35. The Labute approximate surface area is 161 Å². The van der Waals surface area contributed by atoms with E-state index in [2.05, 4.69) is 10.6 Å². The first-order valence-corrected chi connectivity index (χ1v) is 10.5. The summed E-state index contributed by atoms with van der Waals surface area (Å²) < 4.78 is 31.0. The van der Waals surface area contributed by atoms with Crippen molar-refractivity contribution in [1.82, 2.24) is 10.6 Å². The molecule has 0 aromatic carbocycles. The first-order valence-electron chi connectivity index (χ1n) is 8.93. The molecule has 0 saturated carbocycles. The Kier molecular flexibility index (Phi) is 9.36. The van der Waals surface area contributed by atoms with Crippen LogP contribution in [-0.2, 0) is 19.7 Å². The van der Waals surface area contributed by atoms with Gasteiger partial charge in [-0.25, -0.2) is 0 Å². The average Bonchev–Trinajstić information content (AvgIpc) is 2.38. The SMILES string of the molecule is CCC(CC(C)C(=O)NC(C)(C)CS(=O)(=O)O)C(=O)NC(C)(C)CC(O)O. The van der Waals surface area contributed by atoms with Gasteiger partial charge >= 0.3 is 0 Å². The summed E-state index contributed by atoms with van der Waals surface area (Å²) in [4.78, 5) is 24.8. The van der Waals surface area contributed by atoms with Crippen molar-refractivity contribution in [2.24, 2.45) is 11.8 Å². The third-order valence-corrected chi connectivity index (χ3v) is 5.20. The van der Waals surface area contributed by atoms with Gasteiger partial charge in [0.25, 0.3) is 10.1 Å². The molecule has 2 atom stereocenters. The predicted octanol–water partition coefficient (Wildman–Crippen LogP) is 0.417. The van der Waals surface area contributed by atoms with Gasteiger partial charge in [-0.3, -0.25) is 14.1 Å². The first kappa shape index (κ1) is 25.8. The molecule has 0 bridgehead atoms. The zero-order valence-electron chi connectivity index (χ0n) is 16.9. The third kappa shape index (κ3) is 11.3. The second-order valence-corrected chi connectivity index (χ2v) is 9.85. The molecule has 9 nitrogen and oxygen atoms in total. The highest BCUT2D eigenvalue weighted by Gasteiger charge is 2.32. The van der Waals surface area contributed by atoms with Crippen molar-refractivity contribution in [2.75, 3.05) is 5.75 Å². The number of carbonyl (C=O) groups is 2. The minimum absolute atomic E-state index is 0.0327. The molecule has 27 heavy (non-hydrogen) atoms. The van der Waals surface area contributed by atoms with E-state index in [4.69, 9.17) is 14.8 Å². The number of aliphatic hydroxyl groups is 2. The van der Waals surface area contributed by atoms with E-state index in [0.29, 0.717) is 6.42 Å². The van der Waals surface area contributed by atoms with Crippen LogP contribution in [0, 0.1) is 11.8 Å². The van der Waals surface area contributed by atoms with Crippen LogP contribution in [0.25, 0.3) is 0 Å². The van der Waals surface area contributed by atoms with Crippen LogP contribution in [0.5, 0.6) is 0 Å². The smallest absolute Gasteiger partial charge is 0.267 e. The molecule has 0 aliphatic rings. The van der Waals surface area contributed by atoms with Gasteiger partial charge in [0.1, 0.15) is 0 Å². The Balaban J connectivity index is 4.90. The molecule has 0 fully saturated rings. The standard InChI is InChI=1S/C17H34N2O7S/c1-7-12(15(23)19-16(3,4)9-13(20)21)8-11(2)14(22)18-17(5,6)10-27(24,25)26/h11-13,20-21H,7-10H2,1-6H3,(H,18,22)(H,19,23)(H,24,25,26). The van der Waals surface area contributed by atoms with Crippen molar-refractivity contribution >= 4 is 21.9 Å². The summed E-state index contributed by atoms with van der Waals surface area (Å²) in [6, 6.07) is 0. The number of carbonyl (C=O) groups excluding carboxylic acids is 2. The second kappa shape index (κ2) is 9.81. The zero-order chi connectivity index (χ0) is 21.6. The van der Waals surface area contributed by atoms with Crippen molar-refractivity contribution in [3.63, 3.8) is 0 Å². The van der Waals surface area contributed by atoms with Gasteiger partial charge in [-0.1, -0.05) is 13.8 Å². The molecular weight excluding hydrogens is 376 g/mol. The van der Waals surface area contributed by atoms with E-state index in [0.717, 1.165) is 0 Å². The van der Waals surface area contributed by atoms with Crippen molar-refractivity contribution in [3.8, 4) is 0 Å². The van der Waals surface area contributed by atoms with E-state index in [1.54, 1.807) is 20.8 Å². The van der Waals surface area contributed by atoms with Crippen LogP contribution in [0.3, 0.4) is 0 Å². The Morgan fingerprint density at radius 3 is 1.89 bits per heavy atom. The summed E-state index contributed by atoms with van der Waals surface area (Å²) in [5, 5.41) is 23.5. The molecular formula is C17H34N2O7S. The number of rotatable bonds is 11. The minimum Gasteiger partial charge on any atom is -0.368 e. The van der Waals surface area contributed by atoms with Gasteiger partial charge in [0.15, 0.2) is 6.29 Å². The molecule has 160 valence electrons. The first-order chi connectivity index (χ1) is 12.0. The lowest BCUT2D eigenvalue weighted by Gasteiger charge is -2.30. The highest BCUT2D eigenvalue weighted by atomic mass is 32.2. The van der Waals surface area contributed by atoms with Crippen LogP contribution in [0.1, 0.15) is 60.8 Å². The maximum absolute atomic E-state index is 12.5. The number of hydrogen-bond acceptors (Lipinski definition) is 6. The lowest BCUT2D eigenvalue weighted by molar-refractivity contribution is -0.130. The number of hydrogen-bond donors (Lipinski definition) is 5. The normalized spacial score (nSPS) is 15.3. The van der Waals surface area contributed by atoms with Crippen molar-refractivity contribution in [3.05, 3.63) is 0 Å². The molecule has 0 heterocycles. The van der Waals surface area contributed by atoms with Gasteiger partial charge in [-0.15, -0.1) is 0 Å². The molecule has 2 amide bonds. The minimum atomic E-state index is -4.24. The topological polar surface area (TPSA) is 153 Å². The van der Waals surface area contributed by atoms with Gasteiger partial charge < -0.3 is 20.8 Å². The molecule has 0 radical (unpaired) electrons. The Morgan fingerprint density at radius 1 is 1.00 bits per heavy atom. The lowest BCUT2D eigenvalue weighted by Crippen LogP contribution is -2.51. The van der Waals surface area contributed by atoms with E-state index < -0.39 is 51.0 Å². The van der Waals surface area contributed by atoms with Crippen LogP contribution in [-0.4, -0.2) is 58.1 Å². The van der Waals surface area contributed by atoms with E-state index in [1.165, 1.54) is 13.8 Å². The summed E-state index contributed by atoms with van der Waals surface area (Å²) in [6.07, 6.45) is -0.853. The largest absolute Gasteiger partial charge is 0.368 e.